The van der Waals surface area contributed by atoms with Crippen molar-refractivity contribution in [2.24, 2.45) is 0 Å². The molecule has 0 saturated heterocycles. The number of hydrogen-bond acceptors (Lipinski definition) is 3. The van der Waals surface area contributed by atoms with Crippen molar-refractivity contribution in [2.75, 3.05) is 0 Å². The van der Waals surface area contributed by atoms with Crippen molar-refractivity contribution in [3.05, 3.63) is 48.7 Å². The minimum absolute atomic E-state index is 0.204. The molecule has 93 valence electrons. The molecule has 0 amide bonds. The number of ether oxygens (including phenoxy) is 2. The summed E-state index contributed by atoms with van der Waals surface area (Å²) in [4.78, 5) is 3.84. The van der Waals surface area contributed by atoms with Crippen LogP contribution in [0.25, 0.3) is 0 Å². The minimum Gasteiger partial charge on any atom is -0.439 e. The summed E-state index contributed by atoms with van der Waals surface area (Å²) in [6.07, 6.45) is -3.33. The molecule has 1 aromatic carbocycles. The van der Waals surface area contributed by atoms with Gasteiger partial charge in [0.1, 0.15) is 11.5 Å². The molecule has 6 heteroatoms. The van der Waals surface area contributed by atoms with E-state index in [-0.39, 0.29) is 17.4 Å². The number of halogens is 3. The lowest BCUT2D eigenvalue weighted by Crippen LogP contribution is -2.17. The quantitative estimate of drug-likeness (QED) is 0.839. The van der Waals surface area contributed by atoms with Gasteiger partial charge in [-0.05, 0) is 18.2 Å². The molecule has 1 aromatic heterocycles. The first-order valence-corrected chi connectivity index (χ1v) is 4.89. The van der Waals surface area contributed by atoms with Crippen LogP contribution in [0.2, 0.25) is 0 Å². The van der Waals surface area contributed by atoms with Crippen LogP contribution in [0, 0.1) is 6.07 Å². The lowest BCUT2D eigenvalue weighted by atomic mass is 10.3. The fraction of sp³-hybridized carbons (Fsp3) is 0.0833. The molecule has 2 aromatic rings. The molecule has 0 aliphatic carbocycles. The van der Waals surface area contributed by atoms with Crippen molar-refractivity contribution < 1.29 is 22.6 Å². The summed E-state index contributed by atoms with van der Waals surface area (Å²) in [5.41, 5.74) is 0. The van der Waals surface area contributed by atoms with E-state index in [9.17, 15) is 13.2 Å². The third-order valence-corrected chi connectivity index (χ3v) is 1.85. The molecule has 1 heterocycles. The SMILES string of the molecule is FC(F)(F)Oc1cccc(Oc2cc[c]cn2)c1. The van der Waals surface area contributed by atoms with Crippen LogP contribution in [0.5, 0.6) is 17.4 Å². The fourth-order valence-electron chi connectivity index (χ4n) is 1.22. The largest absolute Gasteiger partial charge is 0.573 e. The number of aromatic nitrogens is 1. The zero-order valence-corrected chi connectivity index (χ0v) is 8.94. The van der Waals surface area contributed by atoms with Crippen LogP contribution >= 0.6 is 0 Å². The number of nitrogens with zero attached hydrogens (tertiary/aromatic N) is 1. The summed E-state index contributed by atoms with van der Waals surface area (Å²) < 4.78 is 45.1. The van der Waals surface area contributed by atoms with E-state index >= 15 is 0 Å². The summed E-state index contributed by atoms with van der Waals surface area (Å²) in [6, 6.07) is 11.0. The van der Waals surface area contributed by atoms with Crippen molar-refractivity contribution >= 4 is 0 Å². The first-order chi connectivity index (χ1) is 8.53. The summed E-state index contributed by atoms with van der Waals surface area (Å²) in [5.74, 6) is 0.121. The van der Waals surface area contributed by atoms with Crippen LogP contribution in [-0.4, -0.2) is 11.3 Å². The average molecular weight is 254 g/mol. The maximum Gasteiger partial charge on any atom is 0.573 e. The highest BCUT2D eigenvalue weighted by Crippen LogP contribution is 2.27. The number of pyridine rings is 1. The van der Waals surface area contributed by atoms with Crippen LogP contribution in [0.15, 0.2) is 42.6 Å². The van der Waals surface area contributed by atoms with E-state index in [0.717, 1.165) is 6.07 Å². The van der Waals surface area contributed by atoms with Gasteiger partial charge in [-0.1, -0.05) is 6.07 Å². The van der Waals surface area contributed by atoms with E-state index in [0.29, 0.717) is 0 Å². The first-order valence-electron chi connectivity index (χ1n) is 4.89. The molecule has 0 aliphatic rings. The van der Waals surface area contributed by atoms with Crippen molar-refractivity contribution in [3.8, 4) is 17.4 Å². The zero-order valence-electron chi connectivity index (χ0n) is 8.94. The Kier molecular flexibility index (Phi) is 3.36. The molecule has 0 atom stereocenters. The van der Waals surface area contributed by atoms with E-state index in [4.69, 9.17) is 4.74 Å². The van der Waals surface area contributed by atoms with Crippen molar-refractivity contribution in [1.82, 2.24) is 4.98 Å². The molecule has 18 heavy (non-hydrogen) atoms. The lowest BCUT2D eigenvalue weighted by molar-refractivity contribution is -0.274. The molecule has 0 bridgehead atoms. The molecule has 3 nitrogen and oxygen atoms in total. The molecule has 0 saturated carbocycles. The number of hydrogen-bond donors (Lipinski definition) is 0. The van der Waals surface area contributed by atoms with Crippen LogP contribution in [0.3, 0.4) is 0 Å². The predicted molar refractivity (Wildman–Crippen MR) is 56.3 cm³/mol. The van der Waals surface area contributed by atoms with Crippen LogP contribution in [-0.2, 0) is 0 Å². The Labute approximate surface area is 101 Å². The summed E-state index contributed by atoms with van der Waals surface area (Å²) >= 11 is 0. The zero-order chi connectivity index (χ0) is 13.0. The van der Waals surface area contributed by atoms with Crippen molar-refractivity contribution in [1.29, 1.82) is 0 Å². The van der Waals surface area contributed by atoms with E-state index in [1.54, 1.807) is 6.07 Å². The standard InChI is InChI=1S/C12H7F3NO2/c13-12(14,15)18-10-5-3-4-9(8-10)17-11-6-1-2-7-16-11/h1,3-8H. The molecule has 0 spiro atoms. The van der Waals surface area contributed by atoms with Gasteiger partial charge in [-0.3, -0.25) is 0 Å². The van der Waals surface area contributed by atoms with Crippen LogP contribution < -0.4 is 9.47 Å². The highest BCUT2D eigenvalue weighted by Gasteiger charge is 2.31. The molecule has 0 fully saturated rings. The molecule has 2 rings (SSSR count). The number of alkyl halides is 3. The van der Waals surface area contributed by atoms with E-state index in [1.807, 2.05) is 0 Å². The third kappa shape index (κ3) is 3.65. The van der Waals surface area contributed by atoms with Gasteiger partial charge in [-0.15, -0.1) is 13.2 Å². The Bertz CT molecular complexity index is 514. The molecule has 1 radical (unpaired) electrons. The van der Waals surface area contributed by atoms with Gasteiger partial charge in [0.05, 0.1) is 0 Å². The van der Waals surface area contributed by atoms with Crippen molar-refractivity contribution in [2.45, 2.75) is 6.36 Å². The Morgan fingerprint density at radius 2 is 1.89 bits per heavy atom. The molecular weight excluding hydrogens is 247 g/mol. The van der Waals surface area contributed by atoms with Gasteiger partial charge in [0, 0.05) is 24.4 Å². The molecule has 0 unspecified atom stereocenters. The van der Waals surface area contributed by atoms with Crippen LogP contribution in [0.4, 0.5) is 13.2 Å². The maximum absolute atomic E-state index is 12.0. The predicted octanol–water partition coefficient (Wildman–Crippen LogP) is 3.57. The van der Waals surface area contributed by atoms with Gasteiger partial charge >= 0.3 is 6.36 Å². The fourth-order valence-corrected chi connectivity index (χ4v) is 1.22. The van der Waals surface area contributed by atoms with Crippen LogP contribution in [0.1, 0.15) is 0 Å². The highest BCUT2D eigenvalue weighted by atomic mass is 19.4. The van der Waals surface area contributed by atoms with Gasteiger partial charge in [-0.2, -0.15) is 0 Å². The molecular formula is C12H7F3NO2. The van der Waals surface area contributed by atoms with E-state index in [2.05, 4.69) is 15.8 Å². The van der Waals surface area contributed by atoms with Gasteiger partial charge in [-0.25, -0.2) is 4.98 Å². The first kappa shape index (κ1) is 12.2. The van der Waals surface area contributed by atoms with Gasteiger partial charge in [0.2, 0.25) is 5.88 Å². The Balaban J connectivity index is 2.13. The monoisotopic (exact) mass is 254 g/mol. The maximum atomic E-state index is 12.0. The van der Waals surface area contributed by atoms with Gasteiger partial charge in [0.25, 0.3) is 0 Å². The summed E-state index contributed by atoms with van der Waals surface area (Å²) in [7, 11) is 0. The second kappa shape index (κ2) is 4.95. The topological polar surface area (TPSA) is 31.4 Å². The summed E-state index contributed by atoms with van der Waals surface area (Å²) in [5, 5.41) is 0. The van der Waals surface area contributed by atoms with Crippen molar-refractivity contribution in [3.63, 3.8) is 0 Å². The Morgan fingerprint density at radius 3 is 2.56 bits per heavy atom. The second-order valence-corrected chi connectivity index (χ2v) is 3.22. The lowest BCUT2D eigenvalue weighted by Gasteiger charge is -2.10. The highest BCUT2D eigenvalue weighted by molar-refractivity contribution is 5.35. The average Bonchev–Trinajstić information content (AvgIpc) is 2.28. The second-order valence-electron chi connectivity index (χ2n) is 3.22. The van der Waals surface area contributed by atoms with Gasteiger partial charge in [0.15, 0.2) is 0 Å². The Morgan fingerprint density at radius 1 is 1.11 bits per heavy atom. The molecule has 0 N–H and O–H groups in total. The molecule has 0 aliphatic heterocycles. The van der Waals surface area contributed by atoms with Gasteiger partial charge < -0.3 is 9.47 Å². The minimum atomic E-state index is -4.72. The van der Waals surface area contributed by atoms with E-state index in [1.165, 1.54) is 30.5 Å². The normalized spacial score (nSPS) is 11.1. The number of rotatable bonds is 3. The Hall–Kier alpha value is -2.24. The summed E-state index contributed by atoms with van der Waals surface area (Å²) in [6.45, 7) is 0. The smallest absolute Gasteiger partial charge is 0.439 e. The van der Waals surface area contributed by atoms with E-state index < -0.39 is 6.36 Å². The third-order valence-electron chi connectivity index (χ3n) is 1.85. The number of benzene rings is 1.